The molecule has 2 heterocycles. The monoisotopic (exact) mass is 465 g/mol. The number of nitrogens with zero attached hydrogens (tertiary/aromatic N) is 3. The summed E-state index contributed by atoms with van der Waals surface area (Å²) in [5, 5.41) is 5.29. The van der Waals surface area contributed by atoms with Gasteiger partial charge in [0.05, 0.1) is 28.9 Å². The maximum atomic E-state index is 13.6. The number of esters is 1. The summed E-state index contributed by atoms with van der Waals surface area (Å²) in [5.74, 6) is -0.462. The summed E-state index contributed by atoms with van der Waals surface area (Å²) in [6, 6.07) is 15.3. The number of rotatable bonds is 5. The van der Waals surface area contributed by atoms with Crippen LogP contribution in [0.4, 0.5) is 0 Å². The molecule has 6 nitrogen and oxygen atoms in total. The van der Waals surface area contributed by atoms with Crippen molar-refractivity contribution in [2.75, 3.05) is 19.7 Å². The van der Waals surface area contributed by atoms with Gasteiger partial charge in [-0.3, -0.25) is 9.59 Å². The highest BCUT2D eigenvalue weighted by atomic mass is 35.5. The largest absolute Gasteiger partial charge is 0.466 e. The van der Waals surface area contributed by atoms with Crippen molar-refractivity contribution >= 4 is 23.5 Å². The van der Waals surface area contributed by atoms with E-state index in [4.69, 9.17) is 21.4 Å². The minimum Gasteiger partial charge on any atom is -0.466 e. The molecule has 0 aliphatic carbocycles. The summed E-state index contributed by atoms with van der Waals surface area (Å²) in [5.41, 5.74) is 5.12. The highest BCUT2D eigenvalue weighted by molar-refractivity contribution is 6.32. The van der Waals surface area contributed by atoms with Crippen molar-refractivity contribution in [3.63, 3.8) is 0 Å². The molecular weight excluding hydrogens is 438 g/mol. The zero-order valence-electron chi connectivity index (χ0n) is 19.2. The number of amides is 1. The van der Waals surface area contributed by atoms with Crippen LogP contribution in [-0.2, 0) is 9.53 Å². The number of halogens is 1. The van der Waals surface area contributed by atoms with Gasteiger partial charge in [0.1, 0.15) is 5.69 Å². The average molecular weight is 466 g/mol. The number of carbonyl (C=O) groups excluding carboxylic acids is 2. The average Bonchev–Trinajstić information content (AvgIpc) is 3.26. The zero-order valence-corrected chi connectivity index (χ0v) is 19.9. The van der Waals surface area contributed by atoms with Crippen molar-refractivity contribution in [3.05, 3.63) is 70.4 Å². The molecule has 33 heavy (non-hydrogen) atoms. The Morgan fingerprint density at radius 1 is 1.06 bits per heavy atom. The molecule has 0 N–H and O–H groups in total. The molecule has 0 radical (unpaired) electrons. The molecule has 0 unspecified atom stereocenters. The van der Waals surface area contributed by atoms with E-state index in [0.717, 1.165) is 11.1 Å². The molecule has 1 fully saturated rings. The molecule has 1 saturated heterocycles. The van der Waals surface area contributed by atoms with Gasteiger partial charge in [-0.2, -0.15) is 5.10 Å². The quantitative estimate of drug-likeness (QED) is 0.484. The standard InChI is InChI=1S/C26H28ClN3O3/c1-4-33-26(32)19-11-13-29(14-12-19)25(31)24-16-22(20-10-9-17(2)18(3)15-20)28-30(24)23-8-6-5-7-21(23)27/h5-10,15-16,19H,4,11-14H2,1-3H3. The molecule has 1 aliphatic rings. The molecule has 1 amide bonds. The summed E-state index contributed by atoms with van der Waals surface area (Å²) in [6.07, 6.45) is 1.18. The van der Waals surface area contributed by atoms with E-state index in [2.05, 4.69) is 26.0 Å². The number of hydrogen-bond acceptors (Lipinski definition) is 4. The minimum atomic E-state index is -0.178. The molecule has 0 spiro atoms. The first-order valence-corrected chi connectivity index (χ1v) is 11.6. The minimum absolute atomic E-state index is 0.125. The van der Waals surface area contributed by atoms with Crippen LogP contribution < -0.4 is 0 Å². The van der Waals surface area contributed by atoms with Crippen LogP contribution in [0.1, 0.15) is 41.4 Å². The van der Waals surface area contributed by atoms with Crippen molar-refractivity contribution in [2.24, 2.45) is 5.92 Å². The molecule has 1 aromatic heterocycles. The fourth-order valence-electron chi connectivity index (χ4n) is 4.12. The second-order valence-electron chi connectivity index (χ2n) is 8.40. The van der Waals surface area contributed by atoms with Gasteiger partial charge in [-0.05, 0) is 69.0 Å². The second kappa shape index (κ2) is 9.79. The van der Waals surface area contributed by atoms with Gasteiger partial charge < -0.3 is 9.64 Å². The molecule has 0 bridgehead atoms. The van der Waals surface area contributed by atoms with E-state index in [0.29, 0.717) is 54.6 Å². The number of likely N-dealkylation sites (tertiary alicyclic amines) is 1. The lowest BCUT2D eigenvalue weighted by molar-refractivity contribution is -0.149. The maximum absolute atomic E-state index is 13.6. The number of piperidine rings is 1. The second-order valence-corrected chi connectivity index (χ2v) is 8.80. The van der Waals surface area contributed by atoms with Gasteiger partial charge >= 0.3 is 5.97 Å². The van der Waals surface area contributed by atoms with Gasteiger partial charge in [-0.1, -0.05) is 35.9 Å². The third-order valence-corrected chi connectivity index (χ3v) is 6.53. The molecule has 172 valence electrons. The van der Waals surface area contributed by atoms with E-state index >= 15 is 0 Å². The molecule has 7 heteroatoms. The Labute approximate surface area is 199 Å². The Balaban J connectivity index is 1.67. The van der Waals surface area contributed by atoms with E-state index in [-0.39, 0.29) is 17.8 Å². The van der Waals surface area contributed by atoms with Crippen molar-refractivity contribution in [3.8, 4) is 16.9 Å². The molecule has 3 aromatic rings. The number of benzene rings is 2. The number of carbonyl (C=O) groups is 2. The van der Waals surface area contributed by atoms with Crippen LogP contribution in [0.15, 0.2) is 48.5 Å². The lowest BCUT2D eigenvalue weighted by atomic mass is 9.97. The summed E-state index contributed by atoms with van der Waals surface area (Å²) in [4.78, 5) is 27.4. The van der Waals surface area contributed by atoms with Gasteiger partial charge in [-0.25, -0.2) is 4.68 Å². The predicted molar refractivity (Wildman–Crippen MR) is 129 cm³/mol. The van der Waals surface area contributed by atoms with Crippen LogP contribution in [0.3, 0.4) is 0 Å². The molecule has 0 atom stereocenters. The summed E-state index contributed by atoms with van der Waals surface area (Å²) in [6.45, 7) is 7.29. The Hall–Kier alpha value is -3.12. The number of hydrogen-bond donors (Lipinski definition) is 0. The summed E-state index contributed by atoms with van der Waals surface area (Å²) in [7, 11) is 0. The van der Waals surface area contributed by atoms with Crippen molar-refractivity contribution in [2.45, 2.75) is 33.6 Å². The van der Waals surface area contributed by atoms with Gasteiger partial charge in [0.25, 0.3) is 5.91 Å². The van der Waals surface area contributed by atoms with Crippen LogP contribution in [0.25, 0.3) is 16.9 Å². The first-order chi connectivity index (χ1) is 15.9. The predicted octanol–water partition coefficient (Wildman–Crippen LogP) is 5.22. The Morgan fingerprint density at radius 2 is 1.79 bits per heavy atom. The smallest absolute Gasteiger partial charge is 0.309 e. The molecule has 4 rings (SSSR count). The molecule has 2 aromatic carbocycles. The van der Waals surface area contributed by atoms with Crippen molar-refractivity contribution in [1.29, 1.82) is 0 Å². The van der Waals surface area contributed by atoms with E-state index < -0.39 is 0 Å². The van der Waals surface area contributed by atoms with E-state index in [1.54, 1.807) is 22.6 Å². The fourth-order valence-corrected chi connectivity index (χ4v) is 4.34. The lowest BCUT2D eigenvalue weighted by Crippen LogP contribution is -2.41. The Bertz CT molecular complexity index is 1180. The summed E-state index contributed by atoms with van der Waals surface area (Å²) >= 11 is 6.47. The number of ether oxygens (including phenoxy) is 1. The number of aromatic nitrogens is 2. The topological polar surface area (TPSA) is 64.4 Å². The van der Waals surface area contributed by atoms with Crippen molar-refractivity contribution < 1.29 is 14.3 Å². The highest BCUT2D eigenvalue weighted by Crippen LogP contribution is 2.28. The zero-order chi connectivity index (χ0) is 23.5. The van der Waals surface area contributed by atoms with E-state index in [9.17, 15) is 9.59 Å². The van der Waals surface area contributed by atoms with Crippen LogP contribution in [0, 0.1) is 19.8 Å². The van der Waals surface area contributed by atoms with Crippen LogP contribution in [0.5, 0.6) is 0 Å². The first-order valence-electron chi connectivity index (χ1n) is 11.3. The maximum Gasteiger partial charge on any atom is 0.309 e. The highest BCUT2D eigenvalue weighted by Gasteiger charge is 2.31. The van der Waals surface area contributed by atoms with Crippen LogP contribution in [-0.4, -0.2) is 46.3 Å². The molecule has 1 aliphatic heterocycles. The fraction of sp³-hybridized carbons (Fsp3) is 0.346. The molecular formula is C26H28ClN3O3. The Kier molecular flexibility index (Phi) is 6.84. The SMILES string of the molecule is CCOC(=O)C1CCN(C(=O)c2cc(-c3ccc(C)c(C)c3)nn2-c2ccccc2Cl)CC1. The van der Waals surface area contributed by atoms with Gasteiger partial charge in [0, 0.05) is 18.7 Å². The first kappa shape index (κ1) is 23.1. The van der Waals surface area contributed by atoms with Crippen LogP contribution in [0.2, 0.25) is 5.02 Å². The van der Waals surface area contributed by atoms with Gasteiger partial charge in [0.2, 0.25) is 0 Å². The summed E-state index contributed by atoms with van der Waals surface area (Å²) < 4.78 is 6.78. The van der Waals surface area contributed by atoms with Crippen molar-refractivity contribution in [1.82, 2.24) is 14.7 Å². The van der Waals surface area contributed by atoms with E-state index in [1.165, 1.54) is 5.56 Å². The Morgan fingerprint density at radius 3 is 2.45 bits per heavy atom. The number of para-hydroxylation sites is 1. The third-order valence-electron chi connectivity index (χ3n) is 6.21. The lowest BCUT2D eigenvalue weighted by Gasteiger charge is -2.30. The molecule has 0 saturated carbocycles. The third kappa shape index (κ3) is 4.81. The normalized spacial score (nSPS) is 14.4. The van der Waals surface area contributed by atoms with Gasteiger partial charge in [-0.15, -0.1) is 0 Å². The van der Waals surface area contributed by atoms with E-state index in [1.807, 2.05) is 30.3 Å². The van der Waals surface area contributed by atoms with Crippen LogP contribution >= 0.6 is 11.6 Å². The van der Waals surface area contributed by atoms with Gasteiger partial charge in [0.15, 0.2) is 0 Å². The number of aryl methyl sites for hydroxylation is 2.